The van der Waals surface area contributed by atoms with Crippen molar-refractivity contribution in [3.8, 4) is 0 Å². The Bertz CT molecular complexity index is 336. The van der Waals surface area contributed by atoms with Crippen LogP contribution in [-0.2, 0) is 4.74 Å². The zero-order chi connectivity index (χ0) is 15.0. The molecule has 1 heterocycles. The van der Waals surface area contributed by atoms with E-state index in [1.54, 1.807) is 0 Å². The molecule has 0 amide bonds. The first-order chi connectivity index (χ1) is 9.21. The standard InChI is InChI=1S/C14H25F3N2O/c1-12(2)10-20-8-7-19(12)13(9-18)5-3-11(4-6-13)14(15,16)17/h11H,3-10,18H2,1-2H3. The van der Waals surface area contributed by atoms with Gasteiger partial charge in [0.2, 0.25) is 0 Å². The largest absolute Gasteiger partial charge is 0.391 e. The number of nitrogens with two attached hydrogens (primary N) is 1. The van der Waals surface area contributed by atoms with Crippen LogP contribution in [0.4, 0.5) is 13.2 Å². The number of hydrogen-bond acceptors (Lipinski definition) is 3. The fourth-order valence-electron chi connectivity index (χ4n) is 3.80. The Morgan fingerprint density at radius 1 is 1.25 bits per heavy atom. The monoisotopic (exact) mass is 294 g/mol. The minimum Gasteiger partial charge on any atom is -0.378 e. The van der Waals surface area contributed by atoms with Gasteiger partial charge in [-0.05, 0) is 39.5 Å². The lowest BCUT2D eigenvalue weighted by Crippen LogP contribution is -2.67. The number of alkyl halides is 3. The van der Waals surface area contributed by atoms with Gasteiger partial charge in [0.05, 0.1) is 19.1 Å². The van der Waals surface area contributed by atoms with Gasteiger partial charge in [0.15, 0.2) is 0 Å². The van der Waals surface area contributed by atoms with Crippen molar-refractivity contribution in [2.75, 3.05) is 26.3 Å². The van der Waals surface area contributed by atoms with Crippen LogP contribution >= 0.6 is 0 Å². The molecule has 2 fully saturated rings. The lowest BCUT2D eigenvalue weighted by atomic mass is 9.73. The Kier molecular flexibility index (Phi) is 4.38. The first-order valence-corrected chi connectivity index (χ1v) is 7.34. The van der Waals surface area contributed by atoms with Crippen molar-refractivity contribution >= 4 is 0 Å². The maximum Gasteiger partial charge on any atom is 0.391 e. The predicted molar refractivity (Wildman–Crippen MR) is 71.4 cm³/mol. The number of ether oxygens (including phenoxy) is 1. The third-order valence-electron chi connectivity index (χ3n) is 4.98. The predicted octanol–water partition coefficient (Wildman–Crippen LogP) is 2.55. The molecule has 1 saturated carbocycles. The van der Waals surface area contributed by atoms with Gasteiger partial charge in [-0.25, -0.2) is 0 Å². The first kappa shape index (κ1) is 16.0. The zero-order valence-electron chi connectivity index (χ0n) is 12.3. The lowest BCUT2D eigenvalue weighted by Gasteiger charge is -2.56. The van der Waals surface area contributed by atoms with Gasteiger partial charge in [-0.2, -0.15) is 13.2 Å². The lowest BCUT2D eigenvalue weighted by molar-refractivity contribution is -0.194. The first-order valence-electron chi connectivity index (χ1n) is 7.34. The molecule has 20 heavy (non-hydrogen) atoms. The Hall–Kier alpha value is -0.330. The van der Waals surface area contributed by atoms with Crippen LogP contribution in [-0.4, -0.2) is 48.5 Å². The summed E-state index contributed by atoms with van der Waals surface area (Å²) in [5.41, 5.74) is 5.52. The fourth-order valence-corrected chi connectivity index (χ4v) is 3.80. The highest BCUT2D eigenvalue weighted by atomic mass is 19.4. The summed E-state index contributed by atoms with van der Waals surface area (Å²) in [6.07, 6.45) is -2.64. The summed E-state index contributed by atoms with van der Waals surface area (Å²) in [6.45, 7) is 6.58. The fraction of sp³-hybridized carbons (Fsp3) is 1.00. The van der Waals surface area contributed by atoms with E-state index in [0.717, 1.165) is 6.54 Å². The second-order valence-corrected chi connectivity index (χ2v) is 6.76. The minimum absolute atomic E-state index is 0.164. The molecule has 118 valence electrons. The average molecular weight is 294 g/mol. The van der Waals surface area contributed by atoms with Crippen molar-refractivity contribution in [2.24, 2.45) is 11.7 Å². The summed E-state index contributed by atoms with van der Waals surface area (Å²) < 4.78 is 44.0. The molecular weight excluding hydrogens is 269 g/mol. The van der Waals surface area contributed by atoms with Crippen LogP contribution in [0.3, 0.4) is 0 Å². The topological polar surface area (TPSA) is 38.5 Å². The van der Waals surface area contributed by atoms with E-state index in [0.29, 0.717) is 32.6 Å². The van der Waals surface area contributed by atoms with Gasteiger partial charge < -0.3 is 10.5 Å². The molecule has 2 rings (SSSR count). The summed E-state index contributed by atoms with van der Waals surface area (Å²) in [7, 11) is 0. The molecule has 0 radical (unpaired) electrons. The van der Waals surface area contributed by atoms with Gasteiger partial charge in [0, 0.05) is 24.2 Å². The molecule has 2 N–H and O–H groups in total. The van der Waals surface area contributed by atoms with Crippen LogP contribution in [0.2, 0.25) is 0 Å². The molecule has 0 atom stereocenters. The van der Waals surface area contributed by atoms with Gasteiger partial charge in [0.1, 0.15) is 0 Å². The normalized spacial score (nSPS) is 36.0. The van der Waals surface area contributed by atoms with E-state index in [1.807, 2.05) is 0 Å². The van der Waals surface area contributed by atoms with Gasteiger partial charge in [0.25, 0.3) is 0 Å². The van der Waals surface area contributed by atoms with Gasteiger partial charge in [-0.3, -0.25) is 4.90 Å². The molecule has 6 heteroatoms. The highest BCUT2D eigenvalue weighted by molar-refractivity contribution is 5.03. The summed E-state index contributed by atoms with van der Waals surface area (Å²) >= 11 is 0. The van der Waals surface area contributed by atoms with Crippen molar-refractivity contribution < 1.29 is 17.9 Å². The van der Waals surface area contributed by atoms with E-state index in [-0.39, 0.29) is 23.9 Å². The van der Waals surface area contributed by atoms with Crippen molar-refractivity contribution in [1.29, 1.82) is 0 Å². The molecule has 0 aromatic rings. The summed E-state index contributed by atoms with van der Waals surface area (Å²) in [5.74, 6) is -1.16. The Labute approximate surface area is 118 Å². The van der Waals surface area contributed by atoms with Gasteiger partial charge >= 0.3 is 6.18 Å². The van der Waals surface area contributed by atoms with Crippen molar-refractivity contribution in [3.63, 3.8) is 0 Å². The molecule has 0 aromatic carbocycles. The summed E-state index contributed by atoms with van der Waals surface area (Å²) in [5, 5.41) is 0. The van der Waals surface area contributed by atoms with Crippen molar-refractivity contribution in [3.05, 3.63) is 0 Å². The second-order valence-electron chi connectivity index (χ2n) is 6.76. The quantitative estimate of drug-likeness (QED) is 0.850. The Balaban J connectivity index is 2.12. The van der Waals surface area contributed by atoms with E-state index in [4.69, 9.17) is 10.5 Å². The highest BCUT2D eigenvalue weighted by Gasteiger charge is 2.50. The van der Waals surface area contributed by atoms with E-state index in [1.165, 1.54) is 0 Å². The third-order valence-corrected chi connectivity index (χ3v) is 4.98. The van der Waals surface area contributed by atoms with Crippen LogP contribution in [0.1, 0.15) is 39.5 Å². The number of rotatable bonds is 2. The molecule has 1 saturated heterocycles. The molecule has 1 aliphatic carbocycles. The molecule has 0 unspecified atom stereocenters. The third kappa shape index (κ3) is 2.97. The number of hydrogen-bond donors (Lipinski definition) is 1. The molecule has 0 spiro atoms. The van der Waals surface area contributed by atoms with E-state index in [2.05, 4.69) is 18.7 Å². The Morgan fingerprint density at radius 3 is 2.30 bits per heavy atom. The summed E-state index contributed by atoms with van der Waals surface area (Å²) in [6, 6.07) is 0. The van der Waals surface area contributed by atoms with Gasteiger partial charge in [-0.15, -0.1) is 0 Å². The second kappa shape index (κ2) is 5.46. The zero-order valence-corrected chi connectivity index (χ0v) is 12.3. The molecular formula is C14H25F3N2O. The summed E-state index contributed by atoms with van der Waals surface area (Å²) in [4.78, 5) is 2.30. The van der Waals surface area contributed by atoms with E-state index < -0.39 is 12.1 Å². The maximum atomic E-state index is 12.8. The van der Waals surface area contributed by atoms with Crippen LogP contribution in [0.15, 0.2) is 0 Å². The smallest absolute Gasteiger partial charge is 0.378 e. The van der Waals surface area contributed by atoms with Crippen LogP contribution in [0.5, 0.6) is 0 Å². The van der Waals surface area contributed by atoms with E-state index >= 15 is 0 Å². The van der Waals surface area contributed by atoms with Crippen molar-refractivity contribution in [2.45, 2.75) is 56.8 Å². The minimum atomic E-state index is -4.07. The molecule has 2 aliphatic rings. The van der Waals surface area contributed by atoms with Crippen LogP contribution < -0.4 is 5.73 Å². The van der Waals surface area contributed by atoms with Crippen LogP contribution in [0.25, 0.3) is 0 Å². The number of morpholine rings is 1. The number of nitrogens with zero attached hydrogens (tertiary/aromatic N) is 1. The molecule has 0 aromatic heterocycles. The van der Waals surface area contributed by atoms with Crippen LogP contribution in [0, 0.1) is 5.92 Å². The molecule has 1 aliphatic heterocycles. The highest BCUT2D eigenvalue weighted by Crippen LogP contribution is 2.45. The average Bonchev–Trinajstić information content (AvgIpc) is 2.37. The SMILES string of the molecule is CC1(C)COCCN1C1(CN)CCC(C(F)(F)F)CC1. The van der Waals surface area contributed by atoms with Gasteiger partial charge in [-0.1, -0.05) is 0 Å². The number of halogens is 3. The van der Waals surface area contributed by atoms with E-state index in [9.17, 15) is 13.2 Å². The van der Waals surface area contributed by atoms with Crippen molar-refractivity contribution in [1.82, 2.24) is 4.90 Å². The molecule has 0 bridgehead atoms. The Morgan fingerprint density at radius 2 is 1.85 bits per heavy atom. The maximum absolute atomic E-state index is 12.8. The molecule has 3 nitrogen and oxygen atoms in total.